The molecule has 2 N–H and O–H groups in total. The van der Waals surface area contributed by atoms with E-state index in [0.717, 1.165) is 22.6 Å². The number of rotatable bonds is 6. The Morgan fingerprint density at radius 3 is 2.70 bits per heavy atom. The van der Waals surface area contributed by atoms with E-state index >= 15 is 0 Å². The van der Waals surface area contributed by atoms with Gasteiger partial charge in [-0.1, -0.05) is 30.3 Å². The van der Waals surface area contributed by atoms with Gasteiger partial charge in [-0.2, -0.15) is 0 Å². The number of carbonyl (C=O) groups is 1. The van der Waals surface area contributed by atoms with Gasteiger partial charge in [0, 0.05) is 31.3 Å². The Hall–Kier alpha value is -2.57. The van der Waals surface area contributed by atoms with Crippen LogP contribution in [0.15, 0.2) is 48.5 Å². The molecule has 4 rings (SSSR count). The van der Waals surface area contributed by atoms with E-state index in [9.17, 15) is 9.90 Å². The van der Waals surface area contributed by atoms with Crippen LogP contribution in [-0.2, 0) is 9.53 Å². The Morgan fingerprint density at radius 1 is 1.23 bits per heavy atom. The van der Waals surface area contributed by atoms with Gasteiger partial charge in [0.25, 0.3) is 0 Å². The molecule has 2 aliphatic rings. The number of carbonyl (C=O) groups excluding carboxylic acids is 1. The van der Waals surface area contributed by atoms with Crippen molar-refractivity contribution in [1.29, 1.82) is 0 Å². The average molecular weight is 411 g/mol. The number of nitrogens with zero attached hydrogens (tertiary/aromatic N) is 1. The smallest absolute Gasteiger partial charge is 0.223 e. The van der Waals surface area contributed by atoms with Crippen LogP contribution in [0.4, 0.5) is 5.69 Å². The minimum Gasteiger partial charge on any atom is -0.487 e. The van der Waals surface area contributed by atoms with Gasteiger partial charge in [0.05, 0.1) is 25.2 Å². The first-order valence-corrected chi connectivity index (χ1v) is 10.5. The van der Waals surface area contributed by atoms with Gasteiger partial charge in [-0.25, -0.2) is 0 Å². The Morgan fingerprint density at radius 2 is 2.00 bits per heavy atom. The summed E-state index contributed by atoms with van der Waals surface area (Å²) in [5.74, 6) is 0.906. The van der Waals surface area contributed by atoms with E-state index in [0.29, 0.717) is 6.42 Å². The Labute approximate surface area is 177 Å². The highest BCUT2D eigenvalue weighted by Gasteiger charge is 2.46. The van der Waals surface area contributed by atoms with Crippen molar-refractivity contribution in [3.63, 3.8) is 0 Å². The molecule has 1 amide bonds. The minimum atomic E-state index is -0.441. The number of hydrogen-bond acceptors (Lipinski definition) is 5. The zero-order valence-corrected chi connectivity index (χ0v) is 17.7. The summed E-state index contributed by atoms with van der Waals surface area (Å²) >= 11 is 0. The number of benzene rings is 2. The number of ether oxygens (including phenoxy) is 2. The predicted molar refractivity (Wildman–Crippen MR) is 116 cm³/mol. The number of fused-ring (bicyclic) bond motifs is 3. The number of amides is 1. The van der Waals surface area contributed by atoms with Crippen molar-refractivity contribution in [2.45, 2.75) is 50.0 Å². The molecule has 2 aliphatic heterocycles. The zero-order chi connectivity index (χ0) is 21.3. The minimum absolute atomic E-state index is 0.0485. The summed E-state index contributed by atoms with van der Waals surface area (Å²) < 4.78 is 12.2. The summed E-state index contributed by atoms with van der Waals surface area (Å²) in [4.78, 5) is 14.7. The van der Waals surface area contributed by atoms with Crippen molar-refractivity contribution < 1.29 is 19.4 Å². The maximum absolute atomic E-state index is 12.7. The highest BCUT2D eigenvalue weighted by atomic mass is 16.6. The Bertz CT molecular complexity index is 886. The lowest BCUT2D eigenvalue weighted by molar-refractivity contribution is -0.142. The first-order valence-electron chi connectivity index (χ1n) is 10.5. The number of aliphatic hydroxyl groups is 1. The molecule has 30 heavy (non-hydrogen) atoms. The molecule has 0 spiro atoms. The third-order valence-corrected chi connectivity index (χ3v) is 6.09. The van der Waals surface area contributed by atoms with Gasteiger partial charge in [0.2, 0.25) is 5.91 Å². The summed E-state index contributed by atoms with van der Waals surface area (Å²) in [5.41, 5.74) is 3.31. The van der Waals surface area contributed by atoms with Gasteiger partial charge in [0.15, 0.2) is 0 Å². The summed E-state index contributed by atoms with van der Waals surface area (Å²) in [5, 5.41) is 13.0. The quantitative estimate of drug-likeness (QED) is 0.766. The van der Waals surface area contributed by atoms with Crippen LogP contribution in [0, 0.1) is 0 Å². The SMILES string of the molecule is C[C@@H](NC(=O)C[C@@H]1C[C@H]2c3cc(N(C)C)ccc3O[C@H]2[C@@H](CO)O1)c1ccccc1. The molecule has 0 radical (unpaired) electrons. The predicted octanol–water partition coefficient (Wildman–Crippen LogP) is 3.01. The lowest BCUT2D eigenvalue weighted by Crippen LogP contribution is -2.47. The van der Waals surface area contributed by atoms with Crippen LogP contribution in [-0.4, -0.2) is 50.0 Å². The first kappa shape index (κ1) is 20.7. The molecule has 0 unspecified atom stereocenters. The van der Waals surface area contributed by atoms with Gasteiger partial charge in [-0.05, 0) is 37.1 Å². The van der Waals surface area contributed by atoms with Crippen molar-refractivity contribution >= 4 is 11.6 Å². The van der Waals surface area contributed by atoms with Crippen LogP contribution in [0.2, 0.25) is 0 Å². The van der Waals surface area contributed by atoms with Crippen LogP contribution in [0.5, 0.6) is 5.75 Å². The number of hydrogen-bond donors (Lipinski definition) is 2. The molecule has 2 aromatic rings. The molecule has 0 bridgehead atoms. The van der Waals surface area contributed by atoms with Crippen molar-refractivity contribution in [3.05, 3.63) is 59.7 Å². The molecule has 2 heterocycles. The summed E-state index contributed by atoms with van der Waals surface area (Å²) in [6.07, 6.45) is 0.0369. The number of nitrogens with one attached hydrogen (secondary N) is 1. The molecule has 160 valence electrons. The Balaban J connectivity index is 1.45. The van der Waals surface area contributed by atoms with E-state index < -0.39 is 6.10 Å². The lowest BCUT2D eigenvalue weighted by atomic mass is 9.84. The molecule has 0 aromatic heterocycles. The molecule has 2 aromatic carbocycles. The zero-order valence-electron chi connectivity index (χ0n) is 17.7. The van der Waals surface area contributed by atoms with Crippen LogP contribution < -0.4 is 15.0 Å². The van der Waals surface area contributed by atoms with Gasteiger partial charge < -0.3 is 24.8 Å². The number of anilines is 1. The molecule has 0 aliphatic carbocycles. The fraction of sp³-hybridized carbons (Fsp3) is 0.458. The number of aliphatic hydroxyl groups excluding tert-OH is 1. The van der Waals surface area contributed by atoms with Gasteiger partial charge in [-0.15, -0.1) is 0 Å². The van der Waals surface area contributed by atoms with E-state index in [1.165, 1.54) is 0 Å². The highest BCUT2D eigenvalue weighted by Crippen LogP contribution is 2.47. The topological polar surface area (TPSA) is 71.0 Å². The lowest BCUT2D eigenvalue weighted by Gasteiger charge is -2.37. The second-order valence-electron chi connectivity index (χ2n) is 8.42. The van der Waals surface area contributed by atoms with Crippen molar-refractivity contribution in [2.75, 3.05) is 25.6 Å². The van der Waals surface area contributed by atoms with E-state index in [2.05, 4.69) is 16.3 Å². The fourth-order valence-electron chi connectivity index (χ4n) is 4.49. The van der Waals surface area contributed by atoms with E-state index in [-0.39, 0.29) is 43.1 Å². The fourth-order valence-corrected chi connectivity index (χ4v) is 4.49. The van der Waals surface area contributed by atoms with E-state index in [4.69, 9.17) is 9.47 Å². The average Bonchev–Trinajstić information content (AvgIpc) is 3.11. The summed E-state index contributed by atoms with van der Waals surface area (Å²) in [6, 6.07) is 16.0. The second kappa shape index (κ2) is 8.66. The second-order valence-corrected chi connectivity index (χ2v) is 8.42. The maximum atomic E-state index is 12.7. The largest absolute Gasteiger partial charge is 0.487 e. The van der Waals surface area contributed by atoms with Crippen LogP contribution in [0.3, 0.4) is 0 Å². The molecular formula is C24H30N2O4. The monoisotopic (exact) mass is 410 g/mol. The van der Waals surface area contributed by atoms with Crippen molar-refractivity contribution in [1.82, 2.24) is 5.32 Å². The normalized spacial score (nSPS) is 25.6. The molecular weight excluding hydrogens is 380 g/mol. The third-order valence-electron chi connectivity index (χ3n) is 6.09. The van der Waals surface area contributed by atoms with Crippen LogP contribution in [0.25, 0.3) is 0 Å². The standard InChI is InChI=1S/C24H30N2O4/c1-15(16-7-5-4-6-8-16)25-23(28)13-18-12-20-19-11-17(26(2)3)9-10-21(19)30-24(20)22(14-27)29-18/h4-11,15,18,20,22,24,27H,12-14H2,1-3H3,(H,25,28)/t15-,18+,20+,22-,24-/m1/s1. The molecule has 1 fully saturated rings. The van der Waals surface area contributed by atoms with E-state index in [1.54, 1.807) is 0 Å². The first-order chi connectivity index (χ1) is 14.5. The van der Waals surface area contributed by atoms with Gasteiger partial charge in [-0.3, -0.25) is 4.79 Å². The summed E-state index contributed by atoms with van der Waals surface area (Å²) in [6.45, 7) is 1.85. The summed E-state index contributed by atoms with van der Waals surface area (Å²) in [7, 11) is 4.02. The van der Waals surface area contributed by atoms with Gasteiger partial charge in [0.1, 0.15) is 18.0 Å². The third kappa shape index (κ3) is 4.16. The molecule has 0 saturated carbocycles. The molecule has 6 heteroatoms. The maximum Gasteiger partial charge on any atom is 0.223 e. The molecule has 5 atom stereocenters. The van der Waals surface area contributed by atoms with Crippen LogP contribution >= 0.6 is 0 Å². The van der Waals surface area contributed by atoms with Gasteiger partial charge >= 0.3 is 0 Å². The van der Waals surface area contributed by atoms with Crippen molar-refractivity contribution in [2.24, 2.45) is 0 Å². The van der Waals surface area contributed by atoms with E-state index in [1.807, 2.05) is 63.5 Å². The molecule has 6 nitrogen and oxygen atoms in total. The van der Waals surface area contributed by atoms with Crippen LogP contribution in [0.1, 0.15) is 42.9 Å². The van der Waals surface area contributed by atoms with Crippen molar-refractivity contribution in [3.8, 4) is 5.75 Å². The Kier molecular flexibility index (Phi) is 5.97. The molecule has 1 saturated heterocycles. The highest BCUT2D eigenvalue weighted by molar-refractivity contribution is 5.77.